The van der Waals surface area contributed by atoms with Gasteiger partial charge in [0.15, 0.2) is 5.65 Å². The Morgan fingerprint density at radius 2 is 1.92 bits per heavy atom. The fourth-order valence-corrected chi connectivity index (χ4v) is 5.58. The lowest BCUT2D eigenvalue weighted by Gasteiger charge is -2.27. The maximum Gasteiger partial charge on any atom is 0.309 e. The fraction of sp³-hybridized carbons (Fsp3) is 0.500. The Morgan fingerprint density at radius 1 is 1.08 bits per heavy atom. The highest BCUT2D eigenvalue weighted by molar-refractivity contribution is 5.93. The van der Waals surface area contributed by atoms with Crippen LogP contribution in [0.3, 0.4) is 0 Å². The van der Waals surface area contributed by atoms with Gasteiger partial charge in [-0.25, -0.2) is 13.9 Å². The predicted octanol–water partition coefficient (Wildman–Crippen LogP) is 5.09. The minimum absolute atomic E-state index is 0.000143. The number of fused-ring (bicyclic) bond motifs is 1. The minimum Gasteiger partial charge on any atom is -0.469 e. The highest BCUT2D eigenvalue weighted by atomic mass is 19.1. The first-order valence-corrected chi connectivity index (χ1v) is 13.0. The zero-order valence-corrected chi connectivity index (χ0v) is 20.7. The van der Waals surface area contributed by atoms with Gasteiger partial charge in [-0.05, 0) is 68.7 Å². The molecular formula is C28H31FN4O3. The molecule has 7 nitrogen and oxygen atoms in total. The molecule has 1 aromatic carbocycles. The molecule has 2 aromatic heterocycles. The standard InChI is InChI=1S/C28H31FN4O3/c1-16-6-4-3-5-11-32(16)27(34)24-14-25(17-7-8-17)33-26(30-24)15-23(31-33)19-10-9-18(12-22(19)29)20-13-21(20)28(35)36-2/h9-10,12,14-17,20-21H,3-8,11,13H2,1-2H3/t16-,20?,21?/m1/s1. The van der Waals surface area contributed by atoms with Crippen molar-refractivity contribution >= 4 is 17.5 Å². The summed E-state index contributed by atoms with van der Waals surface area (Å²) < 4.78 is 21.8. The van der Waals surface area contributed by atoms with Gasteiger partial charge in [-0.1, -0.05) is 18.9 Å². The lowest BCUT2D eigenvalue weighted by atomic mass is 10.0. The number of carbonyl (C=O) groups is 2. The van der Waals surface area contributed by atoms with E-state index in [1.807, 2.05) is 17.0 Å². The Hall–Kier alpha value is -3.29. The minimum atomic E-state index is -0.380. The highest BCUT2D eigenvalue weighted by Gasteiger charge is 2.45. The van der Waals surface area contributed by atoms with Gasteiger partial charge in [0.05, 0.1) is 18.7 Å². The second-order valence-corrected chi connectivity index (χ2v) is 10.5. The summed E-state index contributed by atoms with van der Waals surface area (Å²) in [5.41, 5.74) is 3.65. The number of methoxy groups -OCH3 is 1. The molecule has 2 saturated carbocycles. The van der Waals surface area contributed by atoms with Crippen molar-refractivity contribution < 1.29 is 18.7 Å². The summed E-state index contributed by atoms with van der Waals surface area (Å²) in [5.74, 6) is -0.508. The molecule has 36 heavy (non-hydrogen) atoms. The van der Waals surface area contributed by atoms with Gasteiger partial charge in [0.1, 0.15) is 11.5 Å². The number of amides is 1. The Morgan fingerprint density at radius 3 is 2.67 bits per heavy atom. The van der Waals surface area contributed by atoms with Crippen LogP contribution in [0.1, 0.15) is 85.5 Å². The van der Waals surface area contributed by atoms with Gasteiger partial charge in [-0.15, -0.1) is 0 Å². The number of hydrogen-bond donors (Lipinski definition) is 0. The van der Waals surface area contributed by atoms with Crippen LogP contribution in [0.15, 0.2) is 30.3 Å². The third-order valence-electron chi connectivity index (χ3n) is 7.97. The number of benzene rings is 1. The molecule has 2 aliphatic carbocycles. The normalized spacial score (nSPS) is 24.0. The summed E-state index contributed by atoms with van der Waals surface area (Å²) >= 11 is 0. The van der Waals surface area contributed by atoms with Crippen molar-refractivity contribution in [3.05, 3.63) is 53.1 Å². The third kappa shape index (κ3) is 4.16. The molecule has 3 atom stereocenters. The number of esters is 1. The van der Waals surface area contributed by atoms with Crippen LogP contribution in [0.2, 0.25) is 0 Å². The molecule has 188 valence electrons. The average molecular weight is 491 g/mol. The molecule has 8 heteroatoms. The Kier molecular flexibility index (Phi) is 5.77. The topological polar surface area (TPSA) is 76.8 Å². The first-order chi connectivity index (χ1) is 17.4. The van der Waals surface area contributed by atoms with Gasteiger partial charge in [-0.3, -0.25) is 9.59 Å². The second kappa shape index (κ2) is 8.98. The van der Waals surface area contributed by atoms with Crippen LogP contribution < -0.4 is 0 Å². The molecule has 1 aliphatic heterocycles. The van der Waals surface area contributed by atoms with Crippen molar-refractivity contribution in [2.24, 2.45) is 5.92 Å². The molecule has 0 bridgehead atoms. The van der Waals surface area contributed by atoms with Crippen LogP contribution in [0.5, 0.6) is 0 Å². The first-order valence-electron chi connectivity index (χ1n) is 13.0. The summed E-state index contributed by atoms with van der Waals surface area (Å²) in [6, 6.07) is 8.93. The maximum atomic E-state index is 15.2. The molecule has 0 radical (unpaired) electrons. The van der Waals surface area contributed by atoms with E-state index in [0.29, 0.717) is 34.9 Å². The number of carbonyl (C=O) groups excluding carboxylic acids is 2. The average Bonchev–Trinajstić information content (AvgIpc) is 3.79. The lowest BCUT2D eigenvalue weighted by molar-refractivity contribution is -0.142. The number of rotatable bonds is 5. The van der Waals surface area contributed by atoms with Crippen LogP contribution in [0, 0.1) is 11.7 Å². The molecule has 1 amide bonds. The number of ether oxygens (including phenoxy) is 1. The third-order valence-corrected chi connectivity index (χ3v) is 7.97. The molecule has 3 heterocycles. The van der Waals surface area contributed by atoms with Gasteiger partial charge in [0, 0.05) is 35.8 Å². The smallest absolute Gasteiger partial charge is 0.309 e. The van der Waals surface area contributed by atoms with Crippen molar-refractivity contribution in [1.82, 2.24) is 19.5 Å². The van der Waals surface area contributed by atoms with Crippen molar-refractivity contribution in [2.75, 3.05) is 13.7 Å². The van der Waals surface area contributed by atoms with Crippen LogP contribution >= 0.6 is 0 Å². The van der Waals surface area contributed by atoms with E-state index in [0.717, 1.165) is 56.3 Å². The maximum absolute atomic E-state index is 15.2. The summed E-state index contributed by atoms with van der Waals surface area (Å²) in [6.45, 7) is 2.87. The van der Waals surface area contributed by atoms with E-state index in [1.165, 1.54) is 13.2 Å². The molecule has 6 rings (SSSR count). The molecule has 3 aromatic rings. The fourth-order valence-electron chi connectivity index (χ4n) is 5.58. The summed E-state index contributed by atoms with van der Waals surface area (Å²) in [7, 11) is 1.38. The molecule has 0 spiro atoms. The molecular weight excluding hydrogens is 459 g/mol. The van der Waals surface area contributed by atoms with Crippen molar-refractivity contribution in [3.8, 4) is 11.3 Å². The zero-order valence-electron chi connectivity index (χ0n) is 20.7. The summed E-state index contributed by atoms with van der Waals surface area (Å²) in [5, 5.41) is 4.71. The van der Waals surface area contributed by atoms with Crippen molar-refractivity contribution in [1.29, 1.82) is 0 Å². The molecule has 0 N–H and O–H groups in total. The van der Waals surface area contributed by atoms with E-state index in [2.05, 4.69) is 6.92 Å². The van der Waals surface area contributed by atoms with E-state index in [4.69, 9.17) is 14.8 Å². The molecule has 3 aliphatic rings. The molecule has 1 saturated heterocycles. The van der Waals surface area contributed by atoms with Gasteiger partial charge in [-0.2, -0.15) is 5.10 Å². The number of nitrogens with zero attached hydrogens (tertiary/aromatic N) is 4. The number of aromatic nitrogens is 3. The quantitative estimate of drug-likeness (QED) is 0.466. The summed E-state index contributed by atoms with van der Waals surface area (Å²) in [6.07, 6.45) is 7.10. The van der Waals surface area contributed by atoms with Gasteiger partial charge >= 0.3 is 5.97 Å². The number of hydrogen-bond acceptors (Lipinski definition) is 5. The molecule has 2 unspecified atom stereocenters. The van der Waals surface area contributed by atoms with Crippen molar-refractivity contribution in [3.63, 3.8) is 0 Å². The monoisotopic (exact) mass is 490 g/mol. The SMILES string of the molecule is COC(=O)C1CC1c1ccc(-c2cc3nc(C(=O)N4CCCCC[C@H]4C)cc(C4CC4)n3n2)c(F)c1. The Labute approximate surface area is 209 Å². The zero-order chi connectivity index (χ0) is 25.0. The van der Waals surface area contributed by atoms with E-state index >= 15 is 4.39 Å². The first kappa shape index (κ1) is 23.1. The number of halogens is 1. The van der Waals surface area contributed by atoms with Crippen molar-refractivity contribution in [2.45, 2.75) is 69.7 Å². The van der Waals surface area contributed by atoms with E-state index in [1.54, 1.807) is 16.6 Å². The van der Waals surface area contributed by atoms with Crippen LogP contribution in [0.4, 0.5) is 4.39 Å². The van der Waals surface area contributed by atoms with E-state index < -0.39 is 0 Å². The number of likely N-dealkylation sites (tertiary alicyclic amines) is 1. The predicted molar refractivity (Wildman–Crippen MR) is 132 cm³/mol. The summed E-state index contributed by atoms with van der Waals surface area (Å²) in [4.78, 5) is 31.9. The largest absolute Gasteiger partial charge is 0.469 e. The van der Waals surface area contributed by atoms with Gasteiger partial charge in [0.25, 0.3) is 5.91 Å². The van der Waals surface area contributed by atoms with Gasteiger partial charge in [0.2, 0.25) is 0 Å². The van der Waals surface area contributed by atoms with Crippen LogP contribution in [0.25, 0.3) is 16.9 Å². The second-order valence-electron chi connectivity index (χ2n) is 10.5. The van der Waals surface area contributed by atoms with Crippen LogP contribution in [-0.2, 0) is 9.53 Å². The lowest BCUT2D eigenvalue weighted by Crippen LogP contribution is -2.38. The van der Waals surface area contributed by atoms with E-state index in [9.17, 15) is 9.59 Å². The van der Waals surface area contributed by atoms with Crippen LogP contribution in [-0.4, -0.2) is 51.1 Å². The highest BCUT2D eigenvalue weighted by Crippen LogP contribution is 2.48. The van der Waals surface area contributed by atoms with Gasteiger partial charge < -0.3 is 9.64 Å². The van der Waals surface area contributed by atoms with E-state index in [-0.39, 0.29) is 35.6 Å². The Bertz CT molecular complexity index is 1350. The Balaban J connectivity index is 1.33. The molecule has 3 fully saturated rings.